The highest BCUT2D eigenvalue weighted by Gasteiger charge is 2.23. The van der Waals surface area contributed by atoms with E-state index in [0.29, 0.717) is 0 Å². The van der Waals surface area contributed by atoms with Crippen LogP contribution in [0.4, 0.5) is 21.0 Å². The number of amides is 4. The topological polar surface area (TPSA) is 169 Å². The summed E-state index contributed by atoms with van der Waals surface area (Å²) in [6, 6.07) is 10.6. The molecule has 0 heterocycles. The van der Waals surface area contributed by atoms with E-state index in [-0.39, 0.29) is 40.3 Å². The molecule has 0 unspecified atom stereocenters. The Bertz CT molecular complexity index is 1180. The lowest BCUT2D eigenvalue weighted by Crippen LogP contribution is -2.39. The van der Waals surface area contributed by atoms with Gasteiger partial charge in [0.15, 0.2) is 0 Å². The van der Waals surface area contributed by atoms with Gasteiger partial charge in [-0.25, -0.2) is 18.0 Å². The summed E-state index contributed by atoms with van der Waals surface area (Å²) in [5.74, 6) is -0.937. The Morgan fingerprint density at radius 1 is 1.06 bits per heavy atom. The molecule has 0 spiro atoms. The van der Waals surface area contributed by atoms with Crippen molar-refractivity contribution in [3.05, 3.63) is 48.5 Å². The molecule has 0 aliphatic rings. The van der Waals surface area contributed by atoms with Crippen molar-refractivity contribution < 1.29 is 32.3 Å². The first kappa shape index (κ1) is 26.3. The van der Waals surface area contributed by atoms with Crippen molar-refractivity contribution in [2.24, 2.45) is 10.7 Å². The van der Waals surface area contributed by atoms with Crippen LogP contribution in [0.3, 0.4) is 0 Å². The number of nitrogens with zero attached hydrogens (tertiary/aromatic N) is 2. The van der Waals surface area contributed by atoms with Crippen LogP contribution in [0.5, 0.6) is 0 Å². The minimum atomic E-state index is -3.95. The molecule has 0 bridgehead atoms. The monoisotopic (exact) mass is 491 g/mol. The SMILES string of the molecule is CCC(=O)N=C(NC(=O)OC)Nc1cc(S(=O)(=O)c2ccccc2)ccc1N(COC)C(N)=O. The number of carbonyl (C=O) groups excluding carboxylic acids is 3. The minimum Gasteiger partial charge on any atom is -0.453 e. The summed E-state index contributed by atoms with van der Waals surface area (Å²) >= 11 is 0. The Hall–Kier alpha value is -3.97. The predicted octanol–water partition coefficient (Wildman–Crippen LogP) is 2.07. The molecule has 34 heavy (non-hydrogen) atoms. The number of benzene rings is 2. The maximum atomic E-state index is 13.1. The van der Waals surface area contributed by atoms with Crippen molar-refractivity contribution in [3.63, 3.8) is 0 Å². The van der Waals surface area contributed by atoms with Crippen LogP contribution in [0.15, 0.2) is 63.3 Å². The maximum absolute atomic E-state index is 13.1. The van der Waals surface area contributed by atoms with E-state index < -0.39 is 27.9 Å². The Balaban J connectivity index is 2.67. The molecule has 0 saturated heterocycles. The van der Waals surface area contributed by atoms with E-state index in [1.165, 1.54) is 37.4 Å². The quantitative estimate of drug-likeness (QED) is 0.300. The van der Waals surface area contributed by atoms with Crippen LogP contribution >= 0.6 is 0 Å². The average Bonchev–Trinajstić information content (AvgIpc) is 2.82. The van der Waals surface area contributed by atoms with Gasteiger partial charge in [-0.05, 0) is 30.3 Å². The number of ether oxygens (including phenoxy) is 2. The third-order valence-electron chi connectivity index (χ3n) is 4.34. The van der Waals surface area contributed by atoms with Crippen LogP contribution in [0, 0.1) is 0 Å². The van der Waals surface area contributed by atoms with Gasteiger partial charge in [0.1, 0.15) is 6.73 Å². The molecule has 0 fully saturated rings. The number of hydrogen-bond acceptors (Lipinski definition) is 7. The number of carbonyl (C=O) groups is 3. The minimum absolute atomic E-state index is 0.00749. The number of primary amides is 1. The van der Waals surface area contributed by atoms with Gasteiger partial charge in [-0.1, -0.05) is 25.1 Å². The zero-order chi connectivity index (χ0) is 25.3. The highest BCUT2D eigenvalue weighted by atomic mass is 32.2. The number of guanidine groups is 1. The molecule has 2 aromatic carbocycles. The number of urea groups is 1. The number of nitrogens with one attached hydrogen (secondary N) is 2. The number of anilines is 2. The molecule has 0 aliphatic carbocycles. The highest BCUT2D eigenvalue weighted by molar-refractivity contribution is 7.91. The first-order valence-electron chi connectivity index (χ1n) is 9.87. The van der Waals surface area contributed by atoms with Crippen molar-refractivity contribution in [3.8, 4) is 0 Å². The largest absolute Gasteiger partial charge is 0.453 e. The summed E-state index contributed by atoms with van der Waals surface area (Å²) in [6.07, 6.45) is -0.908. The number of alkyl carbamates (subject to hydrolysis) is 1. The third-order valence-corrected chi connectivity index (χ3v) is 6.11. The summed E-state index contributed by atoms with van der Waals surface area (Å²) < 4.78 is 35.8. The van der Waals surface area contributed by atoms with E-state index in [0.717, 1.165) is 12.0 Å². The van der Waals surface area contributed by atoms with Gasteiger partial charge in [-0.2, -0.15) is 4.99 Å². The van der Waals surface area contributed by atoms with E-state index in [2.05, 4.69) is 20.4 Å². The second-order valence-electron chi connectivity index (χ2n) is 6.63. The van der Waals surface area contributed by atoms with Crippen LogP contribution in [0.25, 0.3) is 0 Å². The fraction of sp³-hybridized carbons (Fsp3) is 0.238. The van der Waals surface area contributed by atoms with Crippen LogP contribution in [-0.4, -0.2) is 53.4 Å². The molecule has 0 saturated carbocycles. The van der Waals surface area contributed by atoms with E-state index in [4.69, 9.17) is 10.5 Å². The zero-order valence-electron chi connectivity index (χ0n) is 18.8. The molecule has 4 amide bonds. The fourth-order valence-electron chi connectivity index (χ4n) is 2.70. The van der Waals surface area contributed by atoms with Gasteiger partial charge in [0.25, 0.3) is 0 Å². The number of methoxy groups -OCH3 is 2. The fourth-order valence-corrected chi connectivity index (χ4v) is 4.01. The average molecular weight is 492 g/mol. The Labute approximate surface area is 196 Å². The van der Waals surface area contributed by atoms with Gasteiger partial charge >= 0.3 is 12.1 Å². The van der Waals surface area contributed by atoms with Gasteiger partial charge < -0.3 is 20.5 Å². The molecule has 4 N–H and O–H groups in total. The first-order chi connectivity index (χ1) is 16.1. The molecule has 13 heteroatoms. The van der Waals surface area contributed by atoms with Crippen molar-refractivity contribution in [2.45, 2.75) is 23.1 Å². The lowest BCUT2D eigenvalue weighted by molar-refractivity contribution is -0.117. The number of nitrogens with two attached hydrogens (primary N) is 1. The van der Waals surface area contributed by atoms with Gasteiger partial charge in [0, 0.05) is 13.5 Å². The van der Waals surface area contributed by atoms with Gasteiger partial charge in [0.2, 0.25) is 21.7 Å². The lowest BCUT2D eigenvalue weighted by Gasteiger charge is -2.24. The van der Waals surface area contributed by atoms with E-state index in [9.17, 15) is 22.8 Å². The van der Waals surface area contributed by atoms with E-state index >= 15 is 0 Å². The van der Waals surface area contributed by atoms with Crippen LogP contribution in [-0.2, 0) is 24.1 Å². The molecule has 0 radical (unpaired) electrons. The van der Waals surface area contributed by atoms with Crippen molar-refractivity contribution in [1.29, 1.82) is 0 Å². The lowest BCUT2D eigenvalue weighted by atomic mass is 10.2. The molecule has 0 aromatic heterocycles. The summed E-state index contributed by atoms with van der Waals surface area (Å²) in [4.78, 5) is 40.4. The maximum Gasteiger partial charge on any atom is 0.413 e. The van der Waals surface area contributed by atoms with E-state index in [1.807, 2.05) is 0 Å². The van der Waals surface area contributed by atoms with Gasteiger partial charge in [-0.15, -0.1) is 0 Å². The van der Waals surface area contributed by atoms with Crippen molar-refractivity contribution in [1.82, 2.24) is 5.32 Å². The van der Waals surface area contributed by atoms with Crippen molar-refractivity contribution >= 4 is 45.2 Å². The van der Waals surface area contributed by atoms with Crippen LogP contribution in [0.2, 0.25) is 0 Å². The molecule has 12 nitrogen and oxygen atoms in total. The first-order valence-corrected chi connectivity index (χ1v) is 11.4. The summed E-state index contributed by atoms with van der Waals surface area (Å²) in [7, 11) is -1.50. The highest BCUT2D eigenvalue weighted by Crippen LogP contribution is 2.31. The molecule has 182 valence electrons. The third kappa shape index (κ3) is 6.52. The summed E-state index contributed by atoms with van der Waals surface area (Å²) in [6.45, 7) is 1.30. The molecule has 2 aromatic rings. The smallest absolute Gasteiger partial charge is 0.413 e. The number of aliphatic imine (C=N–C) groups is 1. The van der Waals surface area contributed by atoms with Gasteiger partial charge in [-0.3, -0.25) is 15.0 Å². The number of hydrogen-bond donors (Lipinski definition) is 3. The van der Waals surface area contributed by atoms with E-state index in [1.54, 1.807) is 25.1 Å². The Kier molecular flexibility index (Phi) is 9.10. The van der Waals surface area contributed by atoms with Crippen LogP contribution in [0.1, 0.15) is 13.3 Å². The molecule has 2 rings (SSSR count). The molecule has 0 atom stereocenters. The number of sulfone groups is 1. The molecule has 0 aliphatic heterocycles. The van der Waals surface area contributed by atoms with Crippen LogP contribution < -0.4 is 21.3 Å². The molecular weight excluding hydrogens is 466 g/mol. The normalized spacial score (nSPS) is 11.4. The van der Waals surface area contributed by atoms with Crippen molar-refractivity contribution in [2.75, 3.05) is 31.2 Å². The number of rotatable bonds is 7. The standard InChI is InChI=1S/C21H25N5O7S/c1-4-18(27)24-20(25-21(29)33-3)23-16-12-15(34(30,31)14-8-6-5-7-9-14)10-11-17(16)26(13-32-2)19(22)28/h5-12H,4,13H2,1-3H3,(H2,22,28)(H2,23,24,25,27,29). The Morgan fingerprint density at radius 3 is 2.29 bits per heavy atom. The predicted molar refractivity (Wildman–Crippen MR) is 124 cm³/mol. The summed E-state index contributed by atoms with van der Waals surface area (Å²) in [5.41, 5.74) is 5.55. The van der Waals surface area contributed by atoms with Gasteiger partial charge in [0.05, 0.1) is 28.3 Å². The zero-order valence-corrected chi connectivity index (χ0v) is 19.6. The molecular formula is C21H25N5O7S. The Morgan fingerprint density at radius 2 is 1.74 bits per heavy atom. The second kappa shape index (κ2) is 11.8. The second-order valence-corrected chi connectivity index (χ2v) is 8.58. The summed E-state index contributed by atoms with van der Waals surface area (Å²) in [5, 5.41) is 4.92.